The number of rotatable bonds is 4. The van der Waals surface area contributed by atoms with Crippen molar-refractivity contribution in [2.75, 3.05) is 4.72 Å². The van der Waals surface area contributed by atoms with Crippen LogP contribution in [-0.4, -0.2) is 18.4 Å². The highest BCUT2D eigenvalue weighted by molar-refractivity contribution is 9.10. The van der Waals surface area contributed by atoms with Crippen LogP contribution >= 0.6 is 27.5 Å². The first kappa shape index (κ1) is 15.3. The number of H-pyrrole nitrogens is 1. The summed E-state index contributed by atoms with van der Waals surface area (Å²) in [5.41, 5.74) is 1.24. The van der Waals surface area contributed by atoms with E-state index in [4.69, 9.17) is 11.6 Å². The van der Waals surface area contributed by atoms with Crippen LogP contribution in [0.5, 0.6) is 0 Å². The quantitative estimate of drug-likeness (QED) is 0.855. The van der Waals surface area contributed by atoms with Crippen molar-refractivity contribution < 1.29 is 8.42 Å². The molecule has 8 heteroatoms. The first-order valence-corrected chi connectivity index (χ1v) is 8.51. The van der Waals surface area contributed by atoms with E-state index in [0.717, 1.165) is 5.56 Å². The maximum atomic E-state index is 12.2. The average Bonchev–Trinajstić information content (AvgIpc) is 2.85. The standard InChI is InChI=1S/C12H13BrClN3O2S/c1-3-11-15-6-12(16-11)20(18,19)17-10-5-9(14)7(2)4-8(10)13/h4-6,17H,3H2,1-2H3,(H,15,16). The molecular formula is C12H13BrClN3O2S. The van der Waals surface area contributed by atoms with Crippen LogP contribution in [0.2, 0.25) is 5.02 Å². The van der Waals surface area contributed by atoms with Gasteiger partial charge in [-0.15, -0.1) is 0 Å². The van der Waals surface area contributed by atoms with Gasteiger partial charge in [-0.05, 0) is 40.5 Å². The predicted octanol–water partition coefficient (Wildman–Crippen LogP) is 3.50. The number of anilines is 1. The number of hydrogen-bond donors (Lipinski definition) is 2. The Morgan fingerprint density at radius 1 is 1.45 bits per heavy atom. The molecule has 2 rings (SSSR count). The SMILES string of the molecule is CCc1ncc(S(=O)(=O)Nc2cc(Cl)c(C)cc2Br)[nH]1. The lowest BCUT2D eigenvalue weighted by molar-refractivity contribution is 0.598. The lowest BCUT2D eigenvalue weighted by atomic mass is 10.2. The molecule has 20 heavy (non-hydrogen) atoms. The summed E-state index contributed by atoms with van der Waals surface area (Å²) in [7, 11) is -3.71. The van der Waals surface area contributed by atoms with Gasteiger partial charge in [-0.1, -0.05) is 18.5 Å². The van der Waals surface area contributed by atoms with Crippen LogP contribution in [0, 0.1) is 6.92 Å². The summed E-state index contributed by atoms with van der Waals surface area (Å²) in [6, 6.07) is 3.32. The molecule has 0 radical (unpaired) electrons. The molecule has 2 N–H and O–H groups in total. The molecular weight excluding hydrogens is 366 g/mol. The summed E-state index contributed by atoms with van der Waals surface area (Å²) in [6.07, 6.45) is 1.93. The zero-order chi connectivity index (χ0) is 14.9. The summed E-state index contributed by atoms with van der Waals surface area (Å²) in [6.45, 7) is 3.73. The smallest absolute Gasteiger partial charge is 0.279 e. The molecule has 0 aliphatic carbocycles. The van der Waals surface area contributed by atoms with Crippen LogP contribution in [-0.2, 0) is 16.4 Å². The van der Waals surface area contributed by atoms with Gasteiger partial charge in [0.15, 0.2) is 5.03 Å². The number of aryl methyl sites for hydroxylation is 2. The fourth-order valence-electron chi connectivity index (χ4n) is 1.58. The Balaban J connectivity index is 2.35. The molecule has 0 aliphatic rings. The molecule has 0 saturated heterocycles. The monoisotopic (exact) mass is 377 g/mol. The Morgan fingerprint density at radius 3 is 2.75 bits per heavy atom. The number of aromatic nitrogens is 2. The van der Waals surface area contributed by atoms with E-state index in [1.807, 2.05) is 13.8 Å². The van der Waals surface area contributed by atoms with E-state index in [2.05, 4.69) is 30.6 Å². The fraction of sp³-hybridized carbons (Fsp3) is 0.250. The molecule has 0 aliphatic heterocycles. The number of nitrogens with one attached hydrogen (secondary N) is 2. The van der Waals surface area contributed by atoms with E-state index >= 15 is 0 Å². The first-order valence-electron chi connectivity index (χ1n) is 5.86. The Morgan fingerprint density at radius 2 is 2.15 bits per heavy atom. The van der Waals surface area contributed by atoms with Gasteiger partial charge in [0.2, 0.25) is 0 Å². The number of sulfonamides is 1. The molecule has 1 heterocycles. The highest BCUT2D eigenvalue weighted by atomic mass is 79.9. The Bertz CT molecular complexity index is 743. The zero-order valence-corrected chi connectivity index (χ0v) is 14.0. The third kappa shape index (κ3) is 3.16. The predicted molar refractivity (Wildman–Crippen MR) is 82.7 cm³/mol. The van der Waals surface area contributed by atoms with Gasteiger partial charge in [-0.3, -0.25) is 4.72 Å². The van der Waals surface area contributed by atoms with Crippen molar-refractivity contribution in [2.45, 2.75) is 25.3 Å². The first-order chi connectivity index (χ1) is 9.33. The van der Waals surface area contributed by atoms with Crippen LogP contribution in [0.4, 0.5) is 5.69 Å². The zero-order valence-electron chi connectivity index (χ0n) is 10.9. The largest absolute Gasteiger partial charge is 0.332 e. The van der Waals surface area contributed by atoms with E-state index in [1.54, 1.807) is 12.1 Å². The van der Waals surface area contributed by atoms with Crippen molar-refractivity contribution in [3.05, 3.63) is 39.2 Å². The van der Waals surface area contributed by atoms with Crippen LogP contribution in [0.15, 0.2) is 27.8 Å². The van der Waals surface area contributed by atoms with E-state index in [9.17, 15) is 8.42 Å². The van der Waals surface area contributed by atoms with E-state index in [-0.39, 0.29) is 5.03 Å². The molecule has 0 saturated carbocycles. The number of halogens is 2. The van der Waals surface area contributed by atoms with Gasteiger partial charge in [-0.2, -0.15) is 8.42 Å². The maximum absolute atomic E-state index is 12.2. The molecule has 0 unspecified atom stereocenters. The maximum Gasteiger partial charge on any atom is 0.279 e. The average molecular weight is 379 g/mol. The number of nitrogens with zero attached hydrogens (tertiary/aromatic N) is 1. The summed E-state index contributed by atoms with van der Waals surface area (Å²) < 4.78 is 27.6. The minimum absolute atomic E-state index is 0.0259. The van der Waals surface area contributed by atoms with Crippen LogP contribution in [0.1, 0.15) is 18.3 Å². The van der Waals surface area contributed by atoms with Crippen LogP contribution < -0.4 is 4.72 Å². The number of hydrogen-bond acceptors (Lipinski definition) is 3. The lowest BCUT2D eigenvalue weighted by Gasteiger charge is -2.10. The van der Waals surface area contributed by atoms with Gasteiger partial charge in [0.25, 0.3) is 10.0 Å². The molecule has 0 amide bonds. The van der Waals surface area contributed by atoms with Crippen molar-refractivity contribution in [1.29, 1.82) is 0 Å². The minimum atomic E-state index is -3.71. The molecule has 2 aromatic rings. The van der Waals surface area contributed by atoms with Crippen molar-refractivity contribution >= 4 is 43.2 Å². The van der Waals surface area contributed by atoms with Crippen molar-refractivity contribution in [1.82, 2.24) is 9.97 Å². The van der Waals surface area contributed by atoms with Gasteiger partial charge >= 0.3 is 0 Å². The topological polar surface area (TPSA) is 74.8 Å². The molecule has 5 nitrogen and oxygen atoms in total. The third-order valence-corrected chi connectivity index (χ3v) is 5.06. The van der Waals surface area contributed by atoms with Gasteiger partial charge in [-0.25, -0.2) is 4.98 Å². The van der Waals surface area contributed by atoms with Crippen molar-refractivity contribution in [3.63, 3.8) is 0 Å². The number of benzene rings is 1. The Labute approximate surface area is 130 Å². The second-order valence-electron chi connectivity index (χ2n) is 4.23. The molecule has 0 bridgehead atoms. The molecule has 0 atom stereocenters. The molecule has 0 fully saturated rings. The molecule has 1 aromatic heterocycles. The minimum Gasteiger partial charge on any atom is -0.332 e. The van der Waals surface area contributed by atoms with Crippen LogP contribution in [0.25, 0.3) is 0 Å². The highest BCUT2D eigenvalue weighted by Crippen LogP contribution is 2.30. The summed E-state index contributed by atoms with van der Waals surface area (Å²) >= 11 is 9.33. The molecule has 108 valence electrons. The molecule has 1 aromatic carbocycles. The normalized spacial score (nSPS) is 11.6. The van der Waals surface area contributed by atoms with E-state index in [0.29, 0.717) is 27.4 Å². The Hall–Kier alpha value is -1.05. The van der Waals surface area contributed by atoms with E-state index < -0.39 is 10.0 Å². The second-order valence-corrected chi connectivity index (χ2v) is 7.15. The third-order valence-electron chi connectivity index (χ3n) is 2.72. The van der Waals surface area contributed by atoms with Gasteiger partial charge in [0.1, 0.15) is 5.82 Å². The van der Waals surface area contributed by atoms with Crippen molar-refractivity contribution in [2.24, 2.45) is 0 Å². The van der Waals surface area contributed by atoms with Gasteiger partial charge < -0.3 is 4.98 Å². The number of imidazole rings is 1. The van der Waals surface area contributed by atoms with E-state index in [1.165, 1.54) is 6.20 Å². The fourth-order valence-corrected chi connectivity index (χ4v) is 3.45. The van der Waals surface area contributed by atoms with Crippen LogP contribution in [0.3, 0.4) is 0 Å². The number of aromatic amines is 1. The van der Waals surface area contributed by atoms with Gasteiger partial charge in [0, 0.05) is 15.9 Å². The summed E-state index contributed by atoms with van der Waals surface area (Å²) in [5.74, 6) is 0.617. The second kappa shape index (κ2) is 5.75. The Kier molecular flexibility index (Phi) is 4.41. The summed E-state index contributed by atoms with van der Waals surface area (Å²) in [4.78, 5) is 6.74. The summed E-state index contributed by atoms with van der Waals surface area (Å²) in [5, 5.41) is 0.516. The highest BCUT2D eigenvalue weighted by Gasteiger charge is 2.18. The molecule has 0 spiro atoms. The van der Waals surface area contributed by atoms with Gasteiger partial charge in [0.05, 0.1) is 11.9 Å². The lowest BCUT2D eigenvalue weighted by Crippen LogP contribution is -2.14. The van der Waals surface area contributed by atoms with Crippen molar-refractivity contribution in [3.8, 4) is 0 Å².